The number of nitrogens with zero attached hydrogens (tertiary/aromatic N) is 3. The van der Waals surface area contributed by atoms with Crippen molar-refractivity contribution in [2.24, 2.45) is 5.73 Å². The van der Waals surface area contributed by atoms with Gasteiger partial charge in [-0.15, -0.1) is 0 Å². The van der Waals surface area contributed by atoms with Gasteiger partial charge in [-0.05, 0) is 48.9 Å². The molecule has 0 saturated carbocycles. The van der Waals surface area contributed by atoms with Crippen LogP contribution in [0.5, 0.6) is 0 Å². The van der Waals surface area contributed by atoms with Crippen molar-refractivity contribution >= 4 is 0 Å². The average Bonchev–Trinajstić information content (AvgIpc) is 3.49. The van der Waals surface area contributed by atoms with E-state index in [2.05, 4.69) is 39.4 Å². The maximum absolute atomic E-state index is 9.80. The molecule has 1 atom stereocenters. The first kappa shape index (κ1) is 22.5. The molecule has 7 heteroatoms. The molecule has 168 valence electrons. The van der Waals surface area contributed by atoms with Crippen molar-refractivity contribution in [3.8, 4) is 23.2 Å². The fraction of sp³-hybridized carbons (Fsp3) is 0.231. The number of imidazole rings is 1. The van der Waals surface area contributed by atoms with E-state index in [1.54, 1.807) is 13.1 Å². The van der Waals surface area contributed by atoms with Gasteiger partial charge in [-0.1, -0.05) is 29.1 Å². The zero-order valence-corrected chi connectivity index (χ0v) is 18.5. The summed E-state index contributed by atoms with van der Waals surface area (Å²) in [7, 11) is 0. The lowest BCUT2D eigenvalue weighted by Crippen LogP contribution is -2.21. The summed E-state index contributed by atoms with van der Waals surface area (Å²) in [6, 6.07) is 18.0. The molecule has 0 bridgehead atoms. The molecular weight excluding hydrogens is 414 g/mol. The van der Waals surface area contributed by atoms with Crippen LogP contribution in [0.1, 0.15) is 41.2 Å². The van der Waals surface area contributed by atoms with E-state index >= 15 is 0 Å². The average molecular weight is 442 g/mol. The molecule has 33 heavy (non-hydrogen) atoms. The second-order valence-electron chi connectivity index (χ2n) is 7.76. The van der Waals surface area contributed by atoms with Crippen molar-refractivity contribution in [3.63, 3.8) is 0 Å². The highest BCUT2D eigenvalue weighted by Gasteiger charge is 2.12. The van der Waals surface area contributed by atoms with Crippen LogP contribution >= 0.6 is 0 Å². The SMILES string of the molecule is C[C@H](O)c1nccn1Cc1cc(-c2ccc(C#Cc3ccc(CNCCN)cc3)cc2)on1. The van der Waals surface area contributed by atoms with Gasteiger partial charge < -0.3 is 25.2 Å². The third-order valence-corrected chi connectivity index (χ3v) is 5.14. The van der Waals surface area contributed by atoms with Gasteiger partial charge in [0.2, 0.25) is 0 Å². The summed E-state index contributed by atoms with van der Waals surface area (Å²) >= 11 is 0. The highest BCUT2D eigenvalue weighted by atomic mass is 16.5. The molecule has 4 rings (SSSR count). The Morgan fingerprint density at radius 2 is 1.79 bits per heavy atom. The van der Waals surface area contributed by atoms with Crippen molar-refractivity contribution in [3.05, 3.63) is 95.2 Å². The number of nitrogens with two attached hydrogens (primary N) is 1. The molecule has 0 saturated heterocycles. The molecule has 0 fully saturated rings. The van der Waals surface area contributed by atoms with Crippen LogP contribution in [0, 0.1) is 11.8 Å². The first-order chi connectivity index (χ1) is 16.1. The summed E-state index contributed by atoms with van der Waals surface area (Å²) < 4.78 is 7.38. The summed E-state index contributed by atoms with van der Waals surface area (Å²) in [5.74, 6) is 7.68. The van der Waals surface area contributed by atoms with Gasteiger partial charge in [-0.3, -0.25) is 0 Å². The van der Waals surface area contributed by atoms with Crippen LogP contribution in [-0.2, 0) is 13.1 Å². The van der Waals surface area contributed by atoms with Gasteiger partial charge >= 0.3 is 0 Å². The number of benzene rings is 2. The largest absolute Gasteiger partial charge is 0.385 e. The Morgan fingerprint density at radius 1 is 1.09 bits per heavy atom. The van der Waals surface area contributed by atoms with E-state index in [1.165, 1.54) is 5.56 Å². The number of hydrogen-bond acceptors (Lipinski definition) is 6. The van der Waals surface area contributed by atoms with Crippen molar-refractivity contribution in [1.82, 2.24) is 20.0 Å². The van der Waals surface area contributed by atoms with Gasteiger partial charge in [-0.25, -0.2) is 4.98 Å². The second kappa shape index (κ2) is 10.7. The predicted molar refractivity (Wildman–Crippen MR) is 127 cm³/mol. The van der Waals surface area contributed by atoms with Crippen LogP contribution in [0.15, 0.2) is 71.5 Å². The molecule has 2 aromatic carbocycles. The van der Waals surface area contributed by atoms with E-state index in [0.717, 1.165) is 35.5 Å². The molecule has 0 radical (unpaired) electrons. The Kier molecular flexibility index (Phi) is 7.33. The lowest BCUT2D eigenvalue weighted by molar-refractivity contribution is 0.184. The van der Waals surface area contributed by atoms with E-state index in [4.69, 9.17) is 10.3 Å². The minimum absolute atomic E-state index is 0.481. The van der Waals surface area contributed by atoms with Crippen LogP contribution < -0.4 is 11.1 Å². The minimum atomic E-state index is -0.642. The number of rotatable bonds is 8. The van der Waals surface area contributed by atoms with E-state index in [1.807, 2.05) is 53.2 Å². The fourth-order valence-electron chi connectivity index (χ4n) is 3.42. The molecule has 0 aliphatic carbocycles. The Balaban J connectivity index is 1.39. The van der Waals surface area contributed by atoms with Crippen LogP contribution in [0.25, 0.3) is 11.3 Å². The molecule has 0 spiro atoms. The molecular formula is C26H27N5O2. The molecule has 2 heterocycles. The molecule has 0 aliphatic heterocycles. The highest BCUT2D eigenvalue weighted by Crippen LogP contribution is 2.22. The minimum Gasteiger partial charge on any atom is -0.385 e. The predicted octanol–water partition coefficient (Wildman–Crippen LogP) is 3.09. The maximum Gasteiger partial charge on any atom is 0.167 e. The lowest BCUT2D eigenvalue weighted by atomic mass is 10.1. The Hall–Kier alpha value is -3.70. The molecule has 4 aromatic rings. The van der Waals surface area contributed by atoms with Gasteiger partial charge in [-0.2, -0.15) is 0 Å². The van der Waals surface area contributed by atoms with Gasteiger partial charge in [0.05, 0.1) is 6.54 Å². The Bertz CT molecular complexity index is 1230. The monoisotopic (exact) mass is 441 g/mol. The van der Waals surface area contributed by atoms with Gasteiger partial charge in [0, 0.05) is 54.8 Å². The third-order valence-electron chi connectivity index (χ3n) is 5.14. The quantitative estimate of drug-likeness (QED) is 0.287. The molecule has 4 N–H and O–H groups in total. The Morgan fingerprint density at radius 3 is 2.45 bits per heavy atom. The standard InChI is InChI=1S/C26H27N5O2/c1-19(32)26-29-14-15-31(26)18-24-16-25(33-30-24)23-10-8-21(9-11-23)3-2-20-4-6-22(7-5-20)17-28-13-12-27/h4-11,14-16,19,28,32H,12-13,17-18,27H2,1H3/t19-/m0/s1. The van der Waals surface area contributed by atoms with E-state index in [-0.39, 0.29) is 0 Å². The summed E-state index contributed by atoms with van der Waals surface area (Å²) in [5, 5.41) is 17.2. The van der Waals surface area contributed by atoms with Gasteiger partial charge in [0.1, 0.15) is 17.6 Å². The first-order valence-electron chi connectivity index (χ1n) is 10.9. The van der Waals surface area contributed by atoms with Crippen LogP contribution in [0.4, 0.5) is 0 Å². The number of aliphatic hydroxyl groups is 1. The zero-order valence-electron chi connectivity index (χ0n) is 18.5. The maximum atomic E-state index is 9.80. The number of aromatic nitrogens is 3. The summed E-state index contributed by atoms with van der Waals surface area (Å²) in [6.07, 6.45) is 2.84. The fourth-order valence-corrected chi connectivity index (χ4v) is 3.42. The smallest absolute Gasteiger partial charge is 0.167 e. The van der Waals surface area contributed by atoms with Crippen molar-refractivity contribution in [2.45, 2.75) is 26.1 Å². The van der Waals surface area contributed by atoms with Crippen LogP contribution in [0.3, 0.4) is 0 Å². The molecule has 2 aromatic heterocycles. The topological polar surface area (TPSA) is 102 Å². The molecule has 7 nitrogen and oxygen atoms in total. The summed E-state index contributed by atoms with van der Waals surface area (Å²) in [5.41, 5.74) is 10.3. The number of hydrogen-bond donors (Lipinski definition) is 3. The zero-order chi connectivity index (χ0) is 23.0. The summed E-state index contributed by atoms with van der Waals surface area (Å²) in [6.45, 7) is 4.42. The van der Waals surface area contributed by atoms with Crippen molar-refractivity contribution < 1.29 is 9.63 Å². The third kappa shape index (κ3) is 5.96. The number of nitrogens with one attached hydrogen (secondary N) is 1. The van der Waals surface area contributed by atoms with E-state index in [0.29, 0.717) is 24.7 Å². The summed E-state index contributed by atoms with van der Waals surface area (Å²) in [4.78, 5) is 4.18. The lowest BCUT2D eigenvalue weighted by Gasteiger charge is -2.07. The normalized spacial score (nSPS) is 11.7. The van der Waals surface area contributed by atoms with E-state index < -0.39 is 6.10 Å². The van der Waals surface area contributed by atoms with Crippen molar-refractivity contribution in [1.29, 1.82) is 0 Å². The van der Waals surface area contributed by atoms with Crippen LogP contribution in [0.2, 0.25) is 0 Å². The Labute approximate surface area is 193 Å². The van der Waals surface area contributed by atoms with E-state index in [9.17, 15) is 5.11 Å². The first-order valence-corrected chi connectivity index (χ1v) is 10.9. The van der Waals surface area contributed by atoms with Gasteiger partial charge in [0.25, 0.3) is 0 Å². The van der Waals surface area contributed by atoms with Crippen LogP contribution in [-0.4, -0.2) is 32.9 Å². The van der Waals surface area contributed by atoms with Gasteiger partial charge in [0.15, 0.2) is 5.76 Å². The molecule has 0 amide bonds. The molecule has 0 unspecified atom stereocenters. The molecule has 0 aliphatic rings. The number of aliphatic hydroxyl groups excluding tert-OH is 1. The van der Waals surface area contributed by atoms with Crippen molar-refractivity contribution in [2.75, 3.05) is 13.1 Å². The highest BCUT2D eigenvalue weighted by molar-refractivity contribution is 5.59. The second-order valence-corrected chi connectivity index (χ2v) is 7.76.